The molecule has 0 unspecified atom stereocenters. The van der Waals surface area contributed by atoms with Crippen molar-refractivity contribution in [3.05, 3.63) is 39.4 Å². The molecule has 1 aromatic heterocycles. The predicted octanol–water partition coefficient (Wildman–Crippen LogP) is 2.96. The maximum Gasteiger partial charge on any atom is 0.258 e. The van der Waals surface area contributed by atoms with Crippen molar-refractivity contribution in [1.82, 2.24) is 19.8 Å². The highest BCUT2D eigenvalue weighted by molar-refractivity contribution is 6.31. The van der Waals surface area contributed by atoms with Crippen LogP contribution in [0, 0.1) is 11.8 Å². The number of amides is 2. The largest absolute Gasteiger partial charge is 0.342 e. The van der Waals surface area contributed by atoms with Gasteiger partial charge in [0.25, 0.3) is 5.56 Å². The zero-order valence-electron chi connectivity index (χ0n) is 17.2. The first-order valence-electron chi connectivity index (χ1n) is 10.7. The zero-order valence-corrected chi connectivity index (χ0v) is 18.0. The Labute approximate surface area is 180 Å². The van der Waals surface area contributed by atoms with Gasteiger partial charge >= 0.3 is 0 Å². The molecule has 1 saturated carbocycles. The van der Waals surface area contributed by atoms with E-state index in [1.54, 1.807) is 23.1 Å². The number of fused-ring (bicyclic) bond motifs is 1. The fourth-order valence-corrected chi connectivity index (χ4v) is 4.31. The molecule has 0 bridgehead atoms. The Morgan fingerprint density at radius 1 is 1.20 bits per heavy atom. The molecule has 160 valence electrons. The van der Waals surface area contributed by atoms with Crippen LogP contribution in [0.2, 0.25) is 5.02 Å². The topological polar surface area (TPSA) is 86.4 Å². The average molecular weight is 431 g/mol. The lowest BCUT2D eigenvalue weighted by Crippen LogP contribution is -2.45. The van der Waals surface area contributed by atoms with Gasteiger partial charge in [-0.25, -0.2) is 4.98 Å². The molecule has 30 heavy (non-hydrogen) atoms. The third kappa shape index (κ3) is 4.51. The Morgan fingerprint density at radius 3 is 2.60 bits per heavy atom. The number of hydrogen-bond acceptors (Lipinski definition) is 4. The summed E-state index contributed by atoms with van der Waals surface area (Å²) < 4.78 is 0. The minimum absolute atomic E-state index is 0.0733. The summed E-state index contributed by atoms with van der Waals surface area (Å²) in [4.78, 5) is 48.9. The first-order chi connectivity index (χ1) is 14.5. The van der Waals surface area contributed by atoms with E-state index in [4.69, 9.17) is 11.6 Å². The number of aromatic nitrogens is 2. The van der Waals surface area contributed by atoms with E-state index >= 15 is 0 Å². The first kappa shape index (κ1) is 20.8. The number of H-pyrrole nitrogens is 1. The number of nitrogens with zero attached hydrogens (tertiary/aromatic N) is 3. The summed E-state index contributed by atoms with van der Waals surface area (Å²) in [5, 5.41) is 0.991. The van der Waals surface area contributed by atoms with Gasteiger partial charge in [-0.15, -0.1) is 0 Å². The fraction of sp³-hybridized carbons (Fsp3) is 0.545. The number of carbonyl (C=O) groups excluding carboxylic acids is 2. The van der Waals surface area contributed by atoms with Gasteiger partial charge in [0.15, 0.2) is 0 Å². The van der Waals surface area contributed by atoms with Crippen LogP contribution in [-0.4, -0.2) is 51.2 Å². The number of hydrogen-bond donors (Lipinski definition) is 1. The molecule has 8 heteroatoms. The van der Waals surface area contributed by atoms with Crippen LogP contribution in [0.4, 0.5) is 0 Å². The van der Waals surface area contributed by atoms with Crippen LogP contribution in [0.3, 0.4) is 0 Å². The molecule has 1 aromatic carbocycles. The normalized spacial score (nSPS) is 17.3. The van der Waals surface area contributed by atoms with Gasteiger partial charge in [0.1, 0.15) is 5.82 Å². The number of rotatable bonds is 6. The second-order valence-electron chi connectivity index (χ2n) is 8.31. The molecule has 2 aliphatic rings. The predicted molar refractivity (Wildman–Crippen MR) is 115 cm³/mol. The third-order valence-electron chi connectivity index (χ3n) is 5.95. The van der Waals surface area contributed by atoms with E-state index in [9.17, 15) is 14.4 Å². The lowest BCUT2D eigenvalue weighted by molar-refractivity contribution is -0.141. The smallest absolute Gasteiger partial charge is 0.258 e. The number of halogens is 1. The quantitative estimate of drug-likeness (QED) is 0.763. The van der Waals surface area contributed by atoms with Gasteiger partial charge in [-0.3, -0.25) is 14.4 Å². The summed E-state index contributed by atoms with van der Waals surface area (Å²) in [7, 11) is 0. The van der Waals surface area contributed by atoms with E-state index in [2.05, 4.69) is 9.97 Å². The summed E-state index contributed by atoms with van der Waals surface area (Å²) in [6.45, 7) is 4.17. The molecule has 2 amide bonds. The molecule has 1 saturated heterocycles. The molecule has 1 aliphatic heterocycles. The zero-order chi connectivity index (χ0) is 21.3. The van der Waals surface area contributed by atoms with Crippen LogP contribution >= 0.6 is 11.6 Å². The SMILES string of the molecule is CCCN(Cc1nc2cc(Cl)ccc2c(=O)[nH]1)C(=O)C1CCN(C(=O)C2CC2)CC1. The second-order valence-corrected chi connectivity index (χ2v) is 8.74. The molecular formula is C22H27ClN4O3. The molecule has 2 aromatic rings. The summed E-state index contributed by atoms with van der Waals surface area (Å²) in [6, 6.07) is 4.97. The maximum absolute atomic E-state index is 13.2. The molecule has 4 rings (SSSR count). The Morgan fingerprint density at radius 2 is 1.93 bits per heavy atom. The number of carbonyl (C=O) groups is 2. The van der Waals surface area contributed by atoms with Gasteiger partial charge in [0, 0.05) is 36.5 Å². The summed E-state index contributed by atoms with van der Waals surface area (Å²) in [6.07, 6.45) is 4.20. The van der Waals surface area contributed by atoms with Crippen molar-refractivity contribution in [2.75, 3.05) is 19.6 Å². The summed E-state index contributed by atoms with van der Waals surface area (Å²) >= 11 is 6.04. The lowest BCUT2D eigenvalue weighted by atomic mass is 9.94. The number of aromatic amines is 1. The Kier molecular flexibility index (Phi) is 6.09. The van der Waals surface area contributed by atoms with Crippen molar-refractivity contribution in [1.29, 1.82) is 0 Å². The molecule has 2 fully saturated rings. The average Bonchev–Trinajstić information content (AvgIpc) is 3.57. The van der Waals surface area contributed by atoms with Crippen LogP contribution in [0.15, 0.2) is 23.0 Å². The minimum atomic E-state index is -0.234. The molecule has 1 N–H and O–H groups in total. The highest BCUT2D eigenvalue weighted by atomic mass is 35.5. The maximum atomic E-state index is 13.2. The van der Waals surface area contributed by atoms with Gasteiger partial charge in [0.2, 0.25) is 11.8 Å². The van der Waals surface area contributed by atoms with Crippen molar-refractivity contribution in [3.63, 3.8) is 0 Å². The highest BCUT2D eigenvalue weighted by Crippen LogP contribution is 2.32. The van der Waals surface area contributed by atoms with Crippen molar-refractivity contribution >= 4 is 34.3 Å². The van der Waals surface area contributed by atoms with Gasteiger partial charge in [-0.05, 0) is 50.3 Å². The Balaban J connectivity index is 1.46. The lowest BCUT2D eigenvalue weighted by Gasteiger charge is -2.34. The van der Waals surface area contributed by atoms with E-state index in [0.717, 1.165) is 19.3 Å². The Bertz CT molecular complexity index is 1010. The van der Waals surface area contributed by atoms with E-state index in [0.29, 0.717) is 54.2 Å². The number of benzene rings is 1. The van der Waals surface area contributed by atoms with Crippen molar-refractivity contribution in [3.8, 4) is 0 Å². The molecule has 1 aliphatic carbocycles. The van der Waals surface area contributed by atoms with Gasteiger partial charge in [-0.1, -0.05) is 18.5 Å². The van der Waals surface area contributed by atoms with Crippen LogP contribution < -0.4 is 5.56 Å². The van der Waals surface area contributed by atoms with Gasteiger partial charge < -0.3 is 14.8 Å². The third-order valence-corrected chi connectivity index (χ3v) is 6.18. The summed E-state index contributed by atoms with van der Waals surface area (Å²) in [5.74, 6) is 0.907. The number of piperidine rings is 1. The van der Waals surface area contributed by atoms with Crippen molar-refractivity contribution < 1.29 is 9.59 Å². The van der Waals surface area contributed by atoms with Gasteiger partial charge in [0.05, 0.1) is 17.4 Å². The fourth-order valence-electron chi connectivity index (χ4n) is 4.15. The van der Waals surface area contributed by atoms with Crippen LogP contribution in [0.25, 0.3) is 10.9 Å². The van der Waals surface area contributed by atoms with E-state index in [-0.39, 0.29) is 35.8 Å². The first-order valence-corrected chi connectivity index (χ1v) is 11.1. The number of nitrogens with one attached hydrogen (secondary N) is 1. The minimum Gasteiger partial charge on any atom is -0.342 e. The summed E-state index contributed by atoms with van der Waals surface area (Å²) in [5.41, 5.74) is 0.291. The van der Waals surface area contributed by atoms with Gasteiger partial charge in [-0.2, -0.15) is 0 Å². The standard InChI is InChI=1S/C22H27ClN4O3/c1-2-9-27(13-19-24-18-12-16(23)5-6-17(18)20(28)25-19)22(30)15-7-10-26(11-8-15)21(29)14-3-4-14/h5-6,12,14-15H,2-4,7-11,13H2,1H3,(H,24,25,28). The molecule has 0 spiro atoms. The van der Waals surface area contributed by atoms with Crippen LogP contribution in [-0.2, 0) is 16.1 Å². The van der Waals surface area contributed by atoms with E-state index in [1.165, 1.54) is 0 Å². The second kappa shape index (κ2) is 8.76. The monoisotopic (exact) mass is 430 g/mol. The van der Waals surface area contributed by atoms with E-state index in [1.807, 2.05) is 11.8 Å². The molecule has 0 atom stereocenters. The molecule has 7 nitrogen and oxygen atoms in total. The molecule has 2 heterocycles. The molecular weight excluding hydrogens is 404 g/mol. The van der Waals surface area contributed by atoms with Crippen molar-refractivity contribution in [2.24, 2.45) is 11.8 Å². The van der Waals surface area contributed by atoms with Crippen LogP contribution in [0.1, 0.15) is 44.9 Å². The Hall–Kier alpha value is -2.41. The van der Waals surface area contributed by atoms with Crippen molar-refractivity contribution in [2.45, 2.75) is 45.6 Å². The highest BCUT2D eigenvalue weighted by Gasteiger charge is 2.36. The van der Waals surface area contributed by atoms with Crippen LogP contribution in [0.5, 0.6) is 0 Å². The number of likely N-dealkylation sites (tertiary alicyclic amines) is 1. The molecule has 0 radical (unpaired) electrons. The van der Waals surface area contributed by atoms with E-state index < -0.39 is 0 Å².